The Labute approximate surface area is 131 Å². The Morgan fingerprint density at radius 1 is 1.41 bits per heavy atom. The molecule has 0 spiro atoms. The van der Waals surface area contributed by atoms with Crippen LogP contribution in [0.15, 0.2) is 35.9 Å². The number of nitrogens with two attached hydrogens (primary N) is 1. The first kappa shape index (κ1) is 16.2. The minimum atomic E-state index is -0.259. The summed E-state index contributed by atoms with van der Waals surface area (Å²) in [6, 6.07) is 7.52. The van der Waals surface area contributed by atoms with Crippen LogP contribution >= 0.6 is 0 Å². The maximum Gasteiger partial charge on any atom is 0.248 e. The fraction of sp³-hybridized carbons (Fsp3) is 0.412. The number of carbonyl (C=O) groups is 2. The molecule has 5 heteroatoms. The van der Waals surface area contributed by atoms with Gasteiger partial charge in [-0.25, -0.2) is 0 Å². The van der Waals surface area contributed by atoms with Gasteiger partial charge in [-0.3, -0.25) is 14.5 Å². The third-order valence-corrected chi connectivity index (χ3v) is 3.69. The zero-order valence-corrected chi connectivity index (χ0v) is 13.1. The number of nitrogens with one attached hydrogen (secondary N) is 1. The summed E-state index contributed by atoms with van der Waals surface area (Å²) in [7, 11) is 0. The van der Waals surface area contributed by atoms with Crippen LogP contribution in [0.5, 0.6) is 0 Å². The van der Waals surface area contributed by atoms with Gasteiger partial charge in [0, 0.05) is 18.3 Å². The molecule has 1 aromatic rings. The van der Waals surface area contributed by atoms with Crippen molar-refractivity contribution in [3.8, 4) is 0 Å². The first-order valence-corrected chi connectivity index (χ1v) is 7.54. The smallest absolute Gasteiger partial charge is 0.248 e. The molecule has 1 atom stereocenters. The van der Waals surface area contributed by atoms with E-state index in [2.05, 4.69) is 10.2 Å². The summed E-state index contributed by atoms with van der Waals surface area (Å²) in [5.41, 5.74) is 8.21. The molecule has 0 bridgehead atoms. The highest BCUT2D eigenvalue weighted by Crippen LogP contribution is 2.21. The average molecular weight is 301 g/mol. The third-order valence-electron chi connectivity index (χ3n) is 3.69. The Hall–Kier alpha value is -2.14. The molecule has 0 saturated carbocycles. The fourth-order valence-corrected chi connectivity index (χ4v) is 2.76. The van der Waals surface area contributed by atoms with Gasteiger partial charge in [-0.2, -0.15) is 0 Å². The number of anilines is 1. The molecule has 1 aromatic carbocycles. The quantitative estimate of drug-likeness (QED) is 0.817. The predicted molar refractivity (Wildman–Crippen MR) is 87.1 cm³/mol. The molecule has 3 N–H and O–H groups in total. The largest absolute Gasteiger partial charge is 0.368 e. The van der Waals surface area contributed by atoms with E-state index in [1.165, 1.54) is 0 Å². The number of hydrogen-bond donors (Lipinski definition) is 2. The van der Waals surface area contributed by atoms with E-state index in [0.717, 1.165) is 36.2 Å². The van der Waals surface area contributed by atoms with E-state index in [1.807, 2.05) is 38.1 Å². The number of benzene rings is 1. The van der Waals surface area contributed by atoms with Crippen molar-refractivity contribution in [2.45, 2.75) is 39.3 Å². The van der Waals surface area contributed by atoms with Gasteiger partial charge in [0.1, 0.15) is 0 Å². The van der Waals surface area contributed by atoms with E-state index < -0.39 is 0 Å². The number of allylic oxidation sites excluding steroid dienone is 1. The molecule has 1 heterocycles. The molecule has 0 unspecified atom stereocenters. The molecule has 2 amide bonds. The van der Waals surface area contributed by atoms with E-state index >= 15 is 0 Å². The molecule has 0 radical (unpaired) electrons. The first-order valence-electron chi connectivity index (χ1n) is 7.54. The van der Waals surface area contributed by atoms with Crippen LogP contribution in [0, 0.1) is 0 Å². The van der Waals surface area contributed by atoms with Crippen molar-refractivity contribution < 1.29 is 9.59 Å². The molecule has 1 fully saturated rings. The lowest BCUT2D eigenvalue weighted by atomic mass is 10.1. The second-order valence-corrected chi connectivity index (χ2v) is 5.94. The summed E-state index contributed by atoms with van der Waals surface area (Å²) in [5.74, 6) is -0.390. The van der Waals surface area contributed by atoms with Crippen LogP contribution in [0.2, 0.25) is 0 Å². The maximum atomic E-state index is 11.8. The van der Waals surface area contributed by atoms with Gasteiger partial charge in [0.2, 0.25) is 11.8 Å². The molecular weight excluding hydrogens is 278 g/mol. The molecule has 118 valence electrons. The van der Waals surface area contributed by atoms with Crippen LogP contribution in [0.1, 0.15) is 32.3 Å². The molecule has 0 aliphatic carbocycles. The zero-order valence-electron chi connectivity index (χ0n) is 13.1. The average Bonchev–Trinajstić information content (AvgIpc) is 2.86. The number of primary amides is 1. The number of nitrogens with zero attached hydrogens (tertiary/aromatic N) is 1. The number of amides is 2. The molecular formula is C17H23N3O2. The third kappa shape index (κ3) is 4.43. The van der Waals surface area contributed by atoms with Crippen molar-refractivity contribution in [1.82, 2.24) is 4.90 Å². The highest BCUT2D eigenvalue weighted by atomic mass is 16.2. The van der Waals surface area contributed by atoms with Gasteiger partial charge in [-0.15, -0.1) is 0 Å². The standard InChI is InChI=1S/C17H23N3O2/c1-12(2)9-16(21)19-14-6-3-5-13(10-14)11-20-8-4-7-15(20)17(18)22/h3,5-6,9-10,15H,4,7-8,11H2,1-2H3,(H2,18,22)(H,19,21)/t15-/m1/s1. The summed E-state index contributed by atoms with van der Waals surface area (Å²) >= 11 is 0. The van der Waals surface area contributed by atoms with Gasteiger partial charge in [0.05, 0.1) is 6.04 Å². The lowest BCUT2D eigenvalue weighted by Gasteiger charge is -2.22. The summed E-state index contributed by atoms with van der Waals surface area (Å²) in [6.07, 6.45) is 3.38. The van der Waals surface area contributed by atoms with Crippen molar-refractivity contribution in [2.24, 2.45) is 5.73 Å². The van der Waals surface area contributed by atoms with Gasteiger partial charge in [-0.1, -0.05) is 17.7 Å². The molecule has 5 nitrogen and oxygen atoms in total. The van der Waals surface area contributed by atoms with Crippen molar-refractivity contribution in [3.63, 3.8) is 0 Å². The van der Waals surface area contributed by atoms with E-state index in [1.54, 1.807) is 6.08 Å². The number of likely N-dealkylation sites (tertiary alicyclic amines) is 1. The van der Waals surface area contributed by atoms with Crippen molar-refractivity contribution in [3.05, 3.63) is 41.5 Å². The van der Waals surface area contributed by atoms with Crippen LogP contribution in [0.3, 0.4) is 0 Å². The van der Waals surface area contributed by atoms with Crippen LogP contribution in [0.4, 0.5) is 5.69 Å². The summed E-state index contributed by atoms with van der Waals surface area (Å²) in [6.45, 7) is 5.31. The Kier molecular flexibility index (Phi) is 5.33. The van der Waals surface area contributed by atoms with Gasteiger partial charge in [-0.05, 0) is 50.9 Å². The Morgan fingerprint density at radius 2 is 2.18 bits per heavy atom. The van der Waals surface area contributed by atoms with E-state index in [0.29, 0.717) is 6.54 Å². The van der Waals surface area contributed by atoms with Gasteiger partial charge in [0.15, 0.2) is 0 Å². The Morgan fingerprint density at radius 3 is 2.86 bits per heavy atom. The number of carbonyl (C=O) groups excluding carboxylic acids is 2. The van der Waals surface area contributed by atoms with Gasteiger partial charge in [0.25, 0.3) is 0 Å². The normalized spacial score (nSPS) is 18.0. The minimum absolute atomic E-state index is 0.131. The van der Waals surface area contributed by atoms with Gasteiger partial charge >= 0.3 is 0 Å². The topological polar surface area (TPSA) is 75.4 Å². The van der Waals surface area contributed by atoms with Crippen LogP contribution in [-0.2, 0) is 16.1 Å². The summed E-state index contributed by atoms with van der Waals surface area (Å²) < 4.78 is 0. The second-order valence-electron chi connectivity index (χ2n) is 5.94. The minimum Gasteiger partial charge on any atom is -0.368 e. The van der Waals surface area contributed by atoms with Crippen molar-refractivity contribution in [2.75, 3.05) is 11.9 Å². The van der Waals surface area contributed by atoms with Gasteiger partial charge < -0.3 is 11.1 Å². The van der Waals surface area contributed by atoms with Crippen molar-refractivity contribution in [1.29, 1.82) is 0 Å². The summed E-state index contributed by atoms with van der Waals surface area (Å²) in [5, 5.41) is 2.85. The summed E-state index contributed by atoms with van der Waals surface area (Å²) in [4.78, 5) is 25.3. The molecule has 2 rings (SSSR count). The van der Waals surface area contributed by atoms with Crippen LogP contribution < -0.4 is 11.1 Å². The molecule has 0 aromatic heterocycles. The SMILES string of the molecule is CC(C)=CC(=O)Nc1cccc(CN2CCC[C@@H]2C(N)=O)c1. The van der Waals surface area contributed by atoms with Crippen molar-refractivity contribution >= 4 is 17.5 Å². The van der Waals surface area contributed by atoms with E-state index in [9.17, 15) is 9.59 Å². The molecule has 1 saturated heterocycles. The Bertz CT molecular complexity index is 591. The first-order chi connectivity index (χ1) is 10.5. The highest BCUT2D eigenvalue weighted by Gasteiger charge is 2.28. The van der Waals surface area contributed by atoms with E-state index in [-0.39, 0.29) is 17.9 Å². The second kappa shape index (κ2) is 7.22. The van der Waals surface area contributed by atoms with Crippen LogP contribution in [0.25, 0.3) is 0 Å². The maximum absolute atomic E-state index is 11.8. The number of rotatable bonds is 5. The molecule has 22 heavy (non-hydrogen) atoms. The zero-order chi connectivity index (χ0) is 16.1. The molecule has 1 aliphatic rings. The predicted octanol–water partition coefficient (Wildman–Crippen LogP) is 2.04. The van der Waals surface area contributed by atoms with E-state index in [4.69, 9.17) is 5.73 Å². The lowest BCUT2D eigenvalue weighted by Crippen LogP contribution is -2.39. The number of hydrogen-bond acceptors (Lipinski definition) is 3. The fourth-order valence-electron chi connectivity index (χ4n) is 2.76. The monoisotopic (exact) mass is 301 g/mol. The lowest BCUT2D eigenvalue weighted by molar-refractivity contribution is -0.122. The molecule has 1 aliphatic heterocycles. The highest BCUT2D eigenvalue weighted by molar-refractivity contribution is 5.99. The van der Waals surface area contributed by atoms with Crippen LogP contribution in [-0.4, -0.2) is 29.3 Å². The Balaban J connectivity index is 2.04.